The second kappa shape index (κ2) is 10.5. The molecule has 0 radical (unpaired) electrons. The molecule has 1 heterocycles. The Morgan fingerprint density at radius 1 is 0.958 bits per heavy atom. The van der Waals surface area contributed by atoms with Crippen LogP contribution in [0, 0.1) is 0 Å². The molecule has 24 heavy (non-hydrogen) atoms. The molecule has 1 saturated heterocycles. The van der Waals surface area contributed by atoms with E-state index in [9.17, 15) is 0 Å². The Balaban J connectivity index is 0.00000208. The zero-order valence-electron chi connectivity index (χ0n) is 14.7. The maximum absolute atomic E-state index is 6.57. The van der Waals surface area contributed by atoms with E-state index in [2.05, 4.69) is 35.3 Å². The standard InChI is InChI=1S/C21H30ClN.ClH/c22-21-17-18(9-8-16-23-14-6-1-2-7-15-23)12-13-20(21)19-10-4-3-5-11-19;/h8-9,12-13,17,19H,1-7,10-11,14-16H2;1H. The molecule has 3 rings (SSSR count). The molecule has 1 aliphatic heterocycles. The van der Waals surface area contributed by atoms with Crippen molar-refractivity contribution in [2.45, 2.75) is 63.7 Å². The van der Waals surface area contributed by atoms with Gasteiger partial charge < -0.3 is 0 Å². The Bertz CT molecular complexity index is 513. The molecule has 1 aromatic carbocycles. The lowest BCUT2D eigenvalue weighted by atomic mass is 9.84. The molecule has 0 aromatic heterocycles. The molecule has 134 valence electrons. The van der Waals surface area contributed by atoms with Crippen LogP contribution in [0.25, 0.3) is 6.08 Å². The molecule has 1 aliphatic carbocycles. The van der Waals surface area contributed by atoms with Gasteiger partial charge in [0.1, 0.15) is 0 Å². The van der Waals surface area contributed by atoms with Crippen LogP contribution in [-0.4, -0.2) is 24.5 Å². The number of hydrogen-bond acceptors (Lipinski definition) is 1. The lowest BCUT2D eigenvalue weighted by Crippen LogP contribution is -2.24. The Labute approximate surface area is 158 Å². The summed E-state index contributed by atoms with van der Waals surface area (Å²) in [5, 5.41) is 0.967. The van der Waals surface area contributed by atoms with Crippen LogP contribution in [0.4, 0.5) is 0 Å². The van der Waals surface area contributed by atoms with Crippen LogP contribution in [0.5, 0.6) is 0 Å². The fourth-order valence-corrected chi connectivity index (χ4v) is 4.39. The van der Waals surface area contributed by atoms with Crippen LogP contribution in [0.15, 0.2) is 24.3 Å². The second-order valence-corrected chi connectivity index (χ2v) is 7.64. The van der Waals surface area contributed by atoms with Gasteiger partial charge in [-0.05, 0) is 61.9 Å². The fraction of sp³-hybridized carbons (Fsp3) is 0.619. The van der Waals surface area contributed by atoms with E-state index in [1.807, 2.05) is 0 Å². The van der Waals surface area contributed by atoms with Gasteiger partial charge in [-0.15, -0.1) is 12.4 Å². The molecule has 0 atom stereocenters. The summed E-state index contributed by atoms with van der Waals surface area (Å²) in [6.07, 6.45) is 16.8. The number of hydrogen-bond donors (Lipinski definition) is 0. The number of benzene rings is 1. The number of likely N-dealkylation sites (tertiary alicyclic amines) is 1. The van der Waals surface area contributed by atoms with Gasteiger partial charge in [0.15, 0.2) is 0 Å². The van der Waals surface area contributed by atoms with Crippen molar-refractivity contribution in [3.05, 3.63) is 40.4 Å². The molecule has 0 spiro atoms. The normalized spacial score (nSPS) is 20.7. The molecular weight excluding hydrogens is 337 g/mol. The summed E-state index contributed by atoms with van der Waals surface area (Å²) in [7, 11) is 0. The van der Waals surface area contributed by atoms with Gasteiger partial charge in [0.25, 0.3) is 0 Å². The largest absolute Gasteiger partial charge is 0.300 e. The molecular formula is C21H31Cl2N. The van der Waals surface area contributed by atoms with E-state index in [1.54, 1.807) is 0 Å². The van der Waals surface area contributed by atoms with E-state index in [-0.39, 0.29) is 12.4 Å². The van der Waals surface area contributed by atoms with Crippen molar-refractivity contribution in [2.24, 2.45) is 0 Å². The Hall–Kier alpha value is -0.500. The molecule has 1 nitrogen and oxygen atoms in total. The highest BCUT2D eigenvalue weighted by atomic mass is 35.5. The fourth-order valence-electron chi connectivity index (χ4n) is 4.05. The van der Waals surface area contributed by atoms with Crippen molar-refractivity contribution in [1.29, 1.82) is 0 Å². The van der Waals surface area contributed by atoms with Gasteiger partial charge in [-0.25, -0.2) is 0 Å². The van der Waals surface area contributed by atoms with Crippen molar-refractivity contribution in [2.75, 3.05) is 19.6 Å². The average molecular weight is 368 g/mol. The Kier molecular flexibility index (Phi) is 8.66. The molecule has 1 saturated carbocycles. The zero-order valence-corrected chi connectivity index (χ0v) is 16.3. The van der Waals surface area contributed by atoms with E-state index >= 15 is 0 Å². The average Bonchev–Trinajstić information content (AvgIpc) is 2.85. The van der Waals surface area contributed by atoms with Gasteiger partial charge in [-0.2, -0.15) is 0 Å². The van der Waals surface area contributed by atoms with Crippen molar-refractivity contribution >= 4 is 30.1 Å². The summed E-state index contributed by atoms with van der Waals surface area (Å²) in [6, 6.07) is 6.67. The first-order valence-electron chi connectivity index (χ1n) is 9.51. The number of rotatable bonds is 4. The van der Waals surface area contributed by atoms with Crippen LogP contribution in [-0.2, 0) is 0 Å². The monoisotopic (exact) mass is 367 g/mol. The highest BCUT2D eigenvalue weighted by Gasteiger charge is 2.17. The second-order valence-electron chi connectivity index (χ2n) is 7.23. The summed E-state index contributed by atoms with van der Waals surface area (Å²) in [4.78, 5) is 2.57. The van der Waals surface area contributed by atoms with Crippen LogP contribution < -0.4 is 0 Å². The van der Waals surface area contributed by atoms with Gasteiger partial charge in [-0.3, -0.25) is 4.90 Å². The van der Waals surface area contributed by atoms with Gasteiger partial charge in [-0.1, -0.05) is 68.0 Å². The van der Waals surface area contributed by atoms with Gasteiger partial charge in [0.2, 0.25) is 0 Å². The van der Waals surface area contributed by atoms with Crippen molar-refractivity contribution in [3.63, 3.8) is 0 Å². The van der Waals surface area contributed by atoms with Crippen LogP contribution in [0.1, 0.15) is 74.8 Å². The highest BCUT2D eigenvalue weighted by molar-refractivity contribution is 6.31. The minimum atomic E-state index is 0. The first-order chi connectivity index (χ1) is 11.3. The Morgan fingerprint density at radius 2 is 1.62 bits per heavy atom. The third-order valence-corrected chi connectivity index (χ3v) is 5.77. The van der Waals surface area contributed by atoms with Crippen LogP contribution in [0.2, 0.25) is 5.02 Å². The lowest BCUT2D eigenvalue weighted by Gasteiger charge is -2.23. The molecule has 2 fully saturated rings. The van der Waals surface area contributed by atoms with E-state index in [0.717, 1.165) is 11.6 Å². The molecule has 0 N–H and O–H groups in total. The summed E-state index contributed by atoms with van der Waals surface area (Å²) in [5.74, 6) is 0.686. The molecule has 0 amide bonds. The van der Waals surface area contributed by atoms with E-state index in [1.165, 1.54) is 82.0 Å². The summed E-state index contributed by atoms with van der Waals surface area (Å²) < 4.78 is 0. The van der Waals surface area contributed by atoms with Crippen molar-refractivity contribution < 1.29 is 0 Å². The predicted octanol–water partition coefficient (Wildman–Crippen LogP) is 6.70. The van der Waals surface area contributed by atoms with Crippen LogP contribution in [0.3, 0.4) is 0 Å². The van der Waals surface area contributed by atoms with E-state index in [0.29, 0.717) is 5.92 Å². The molecule has 1 aromatic rings. The number of halogens is 2. The van der Waals surface area contributed by atoms with Gasteiger partial charge >= 0.3 is 0 Å². The Morgan fingerprint density at radius 3 is 2.29 bits per heavy atom. The molecule has 2 aliphatic rings. The quantitative estimate of drug-likeness (QED) is 0.572. The minimum Gasteiger partial charge on any atom is -0.300 e. The molecule has 3 heteroatoms. The topological polar surface area (TPSA) is 3.24 Å². The maximum atomic E-state index is 6.57. The third kappa shape index (κ3) is 5.79. The summed E-state index contributed by atoms with van der Waals surface area (Å²) >= 11 is 6.57. The minimum absolute atomic E-state index is 0. The highest BCUT2D eigenvalue weighted by Crippen LogP contribution is 2.36. The van der Waals surface area contributed by atoms with Crippen molar-refractivity contribution in [3.8, 4) is 0 Å². The molecule has 0 bridgehead atoms. The zero-order chi connectivity index (χ0) is 15.9. The summed E-state index contributed by atoms with van der Waals surface area (Å²) in [6.45, 7) is 3.58. The SMILES string of the molecule is Cl.Clc1cc(C=CCN2CCCCCC2)ccc1C1CCCCC1. The van der Waals surface area contributed by atoms with E-state index in [4.69, 9.17) is 11.6 Å². The van der Waals surface area contributed by atoms with Gasteiger partial charge in [0.05, 0.1) is 0 Å². The first-order valence-corrected chi connectivity index (χ1v) is 9.89. The van der Waals surface area contributed by atoms with Crippen molar-refractivity contribution in [1.82, 2.24) is 4.90 Å². The summed E-state index contributed by atoms with van der Waals surface area (Å²) in [5.41, 5.74) is 2.61. The lowest BCUT2D eigenvalue weighted by molar-refractivity contribution is 0.316. The smallest absolute Gasteiger partial charge is 0.0446 e. The van der Waals surface area contributed by atoms with Gasteiger partial charge in [0, 0.05) is 11.6 Å². The number of nitrogens with zero attached hydrogens (tertiary/aromatic N) is 1. The van der Waals surface area contributed by atoms with E-state index < -0.39 is 0 Å². The maximum Gasteiger partial charge on any atom is 0.0446 e. The first kappa shape index (κ1) is 19.8. The van der Waals surface area contributed by atoms with Crippen LogP contribution >= 0.6 is 24.0 Å². The molecule has 0 unspecified atom stereocenters. The third-order valence-electron chi connectivity index (χ3n) is 5.44. The predicted molar refractivity (Wildman–Crippen MR) is 108 cm³/mol.